The molecule has 0 saturated carbocycles. The molecule has 1 fully saturated rings. The average Bonchev–Trinajstić information content (AvgIpc) is 2.82. The zero-order valence-electron chi connectivity index (χ0n) is 11.5. The number of hydrogen-bond acceptors (Lipinski definition) is 3. The number of anilines is 1. The second kappa shape index (κ2) is 6.17. The van der Waals surface area contributed by atoms with E-state index in [1.54, 1.807) is 16.7 Å². The van der Waals surface area contributed by atoms with Gasteiger partial charge in [0.2, 0.25) is 0 Å². The molecule has 1 aliphatic heterocycles. The van der Waals surface area contributed by atoms with E-state index in [1.165, 1.54) is 0 Å². The second-order valence-corrected chi connectivity index (χ2v) is 5.87. The first kappa shape index (κ1) is 14.7. The number of aliphatic carboxylic acids is 1. The minimum absolute atomic E-state index is 0.0166. The molecule has 108 valence electrons. The summed E-state index contributed by atoms with van der Waals surface area (Å²) < 4.78 is 0. The van der Waals surface area contributed by atoms with Crippen LogP contribution in [0.4, 0.5) is 10.5 Å². The van der Waals surface area contributed by atoms with E-state index in [0.717, 1.165) is 10.6 Å². The molecule has 0 bridgehead atoms. The SMILES string of the molecule is CSc1ccc(NC(=O)N2CC(C)C(C(=O)O)C2)cc1. The Bertz CT molecular complexity index is 504. The van der Waals surface area contributed by atoms with E-state index in [9.17, 15) is 9.59 Å². The van der Waals surface area contributed by atoms with E-state index in [4.69, 9.17) is 5.11 Å². The molecule has 5 nitrogen and oxygen atoms in total. The number of nitrogens with zero attached hydrogens (tertiary/aromatic N) is 1. The summed E-state index contributed by atoms with van der Waals surface area (Å²) in [5.74, 6) is -1.33. The highest BCUT2D eigenvalue weighted by Crippen LogP contribution is 2.24. The standard InChI is InChI=1S/C14H18N2O3S/c1-9-7-16(8-12(9)13(17)18)14(19)15-10-3-5-11(20-2)6-4-10/h3-6,9,12H,7-8H2,1-2H3,(H,15,19)(H,17,18). The van der Waals surface area contributed by atoms with Crippen molar-refractivity contribution in [1.29, 1.82) is 0 Å². The van der Waals surface area contributed by atoms with Crippen LogP contribution in [-0.2, 0) is 4.79 Å². The highest BCUT2D eigenvalue weighted by Gasteiger charge is 2.36. The number of likely N-dealkylation sites (tertiary alicyclic amines) is 1. The van der Waals surface area contributed by atoms with Crippen LogP contribution in [0.25, 0.3) is 0 Å². The molecule has 2 rings (SSSR count). The Kier molecular flexibility index (Phi) is 4.54. The highest BCUT2D eigenvalue weighted by molar-refractivity contribution is 7.98. The molecule has 1 saturated heterocycles. The lowest BCUT2D eigenvalue weighted by Crippen LogP contribution is -2.33. The first-order chi connectivity index (χ1) is 9.51. The molecular weight excluding hydrogens is 276 g/mol. The molecule has 1 aliphatic rings. The van der Waals surface area contributed by atoms with Gasteiger partial charge in [-0.05, 0) is 36.4 Å². The molecule has 2 atom stereocenters. The normalized spacial score (nSPS) is 21.8. The van der Waals surface area contributed by atoms with Crippen LogP contribution in [0.15, 0.2) is 29.2 Å². The Morgan fingerprint density at radius 2 is 1.95 bits per heavy atom. The predicted molar refractivity (Wildman–Crippen MR) is 79.1 cm³/mol. The zero-order chi connectivity index (χ0) is 14.7. The summed E-state index contributed by atoms with van der Waals surface area (Å²) in [5.41, 5.74) is 0.722. The van der Waals surface area contributed by atoms with Gasteiger partial charge in [-0.2, -0.15) is 0 Å². The minimum atomic E-state index is -0.836. The maximum Gasteiger partial charge on any atom is 0.321 e. The number of benzene rings is 1. The number of carboxylic acids is 1. The van der Waals surface area contributed by atoms with E-state index in [0.29, 0.717) is 6.54 Å². The van der Waals surface area contributed by atoms with Crippen LogP contribution < -0.4 is 5.32 Å². The van der Waals surface area contributed by atoms with Gasteiger partial charge in [0.15, 0.2) is 0 Å². The summed E-state index contributed by atoms with van der Waals surface area (Å²) >= 11 is 1.64. The monoisotopic (exact) mass is 294 g/mol. The van der Waals surface area contributed by atoms with Crippen molar-refractivity contribution in [2.75, 3.05) is 24.7 Å². The van der Waals surface area contributed by atoms with E-state index in [-0.39, 0.29) is 18.5 Å². The topological polar surface area (TPSA) is 69.6 Å². The van der Waals surface area contributed by atoms with Crippen molar-refractivity contribution in [1.82, 2.24) is 4.90 Å². The first-order valence-electron chi connectivity index (χ1n) is 6.44. The Labute approximate surface area is 122 Å². The van der Waals surface area contributed by atoms with Crippen molar-refractivity contribution < 1.29 is 14.7 Å². The van der Waals surface area contributed by atoms with Gasteiger partial charge in [-0.25, -0.2) is 4.79 Å². The number of thioether (sulfide) groups is 1. The molecular formula is C14H18N2O3S. The fourth-order valence-electron chi connectivity index (χ4n) is 2.33. The summed E-state index contributed by atoms with van der Waals surface area (Å²) in [6.45, 7) is 2.61. The number of carbonyl (C=O) groups excluding carboxylic acids is 1. The van der Waals surface area contributed by atoms with E-state index >= 15 is 0 Å². The molecule has 6 heteroatoms. The highest BCUT2D eigenvalue weighted by atomic mass is 32.2. The third kappa shape index (κ3) is 3.25. The van der Waals surface area contributed by atoms with Crippen LogP contribution in [-0.4, -0.2) is 41.4 Å². The van der Waals surface area contributed by atoms with Gasteiger partial charge in [0.25, 0.3) is 0 Å². The van der Waals surface area contributed by atoms with Gasteiger partial charge >= 0.3 is 12.0 Å². The lowest BCUT2D eigenvalue weighted by molar-refractivity contribution is -0.142. The Hall–Kier alpha value is -1.69. The lowest BCUT2D eigenvalue weighted by Gasteiger charge is -2.17. The van der Waals surface area contributed by atoms with Crippen LogP contribution >= 0.6 is 11.8 Å². The molecule has 20 heavy (non-hydrogen) atoms. The number of hydrogen-bond donors (Lipinski definition) is 2. The number of nitrogens with one attached hydrogen (secondary N) is 1. The Morgan fingerprint density at radius 3 is 2.45 bits per heavy atom. The molecule has 1 aromatic carbocycles. The maximum atomic E-state index is 12.1. The Morgan fingerprint density at radius 1 is 1.30 bits per heavy atom. The summed E-state index contributed by atoms with van der Waals surface area (Å²) in [4.78, 5) is 25.8. The molecule has 1 heterocycles. The van der Waals surface area contributed by atoms with E-state index in [1.807, 2.05) is 37.4 Å². The Balaban J connectivity index is 1.96. The fraction of sp³-hybridized carbons (Fsp3) is 0.429. The number of carboxylic acid groups (broad SMARTS) is 1. The van der Waals surface area contributed by atoms with Crippen molar-refractivity contribution in [3.63, 3.8) is 0 Å². The smallest absolute Gasteiger partial charge is 0.321 e. The number of rotatable bonds is 3. The van der Waals surface area contributed by atoms with Crippen molar-refractivity contribution in [2.45, 2.75) is 11.8 Å². The minimum Gasteiger partial charge on any atom is -0.481 e. The van der Waals surface area contributed by atoms with Gasteiger partial charge in [0.05, 0.1) is 5.92 Å². The molecule has 0 spiro atoms. The van der Waals surface area contributed by atoms with Gasteiger partial charge < -0.3 is 15.3 Å². The summed E-state index contributed by atoms with van der Waals surface area (Å²) in [5, 5.41) is 11.9. The van der Waals surface area contributed by atoms with E-state index < -0.39 is 11.9 Å². The quantitative estimate of drug-likeness (QED) is 0.841. The molecule has 2 N–H and O–H groups in total. The number of amides is 2. The van der Waals surface area contributed by atoms with Gasteiger partial charge in [0.1, 0.15) is 0 Å². The van der Waals surface area contributed by atoms with Crippen LogP contribution in [0.3, 0.4) is 0 Å². The third-order valence-corrected chi connectivity index (χ3v) is 4.30. The van der Waals surface area contributed by atoms with Gasteiger partial charge in [-0.1, -0.05) is 6.92 Å². The molecule has 0 aromatic heterocycles. The second-order valence-electron chi connectivity index (χ2n) is 4.99. The van der Waals surface area contributed by atoms with Crippen molar-refractivity contribution >= 4 is 29.4 Å². The molecule has 1 aromatic rings. The van der Waals surface area contributed by atoms with Crippen LogP contribution in [0.2, 0.25) is 0 Å². The largest absolute Gasteiger partial charge is 0.481 e. The molecule has 2 amide bonds. The first-order valence-corrected chi connectivity index (χ1v) is 7.66. The molecule has 2 unspecified atom stereocenters. The summed E-state index contributed by atoms with van der Waals surface area (Å²) in [6, 6.07) is 7.33. The zero-order valence-corrected chi connectivity index (χ0v) is 12.3. The van der Waals surface area contributed by atoms with Gasteiger partial charge in [-0.15, -0.1) is 11.8 Å². The van der Waals surface area contributed by atoms with Gasteiger partial charge in [0, 0.05) is 23.7 Å². The van der Waals surface area contributed by atoms with Crippen LogP contribution in [0, 0.1) is 11.8 Å². The fourth-order valence-corrected chi connectivity index (χ4v) is 2.74. The maximum absolute atomic E-state index is 12.1. The van der Waals surface area contributed by atoms with Crippen LogP contribution in [0.5, 0.6) is 0 Å². The molecule has 0 radical (unpaired) electrons. The summed E-state index contributed by atoms with van der Waals surface area (Å²) in [7, 11) is 0. The van der Waals surface area contributed by atoms with Gasteiger partial charge in [-0.3, -0.25) is 4.79 Å². The van der Waals surface area contributed by atoms with Crippen LogP contribution in [0.1, 0.15) is 6.92 Å². The summed E-state index contributed by atoms with van der Waals surface area (Å²) in [6.07, 6.45) is 1.99. The van der Waals surface area contributed by atoms with Crippen molar-refractivity contribution in [2.24, 2.45) is 11.8 Å². The predicted octanol–water partition coefficient (Wildman–Crippen LogP) is 2.59. The lowest BCUT2D eigenvalue weighted by atomic mass is 9.99. The van der Waals surface area contributed by atoms with Crippen molar-refractivity contribution in [3.8, 4) is 0 Å². The molecule has 0 aliphatic carbocycles. The van der Waals surface area contributed by atoms with E-state index in [2.05, 4.69) is 5.32 Å². The third-order valence-electron chi connectivity index (χ3n) is 3.56. The number of urea groups is 1. The number of carbonyl (C=O) groups is 2. The average molecular weight is 294 g/mol. The van der Waals surface area contributed by atoms with Crippen molar-refractivity contribution in [3.05, 3.63) is 24.3 Å².